The number of hydrogen-bond acceptors (Lipinski definition) is 6. The van der Waals surface area contributed by atoms with Crippen molar-refractivity contribution in [2.75, 3.05) is 0 Å². The minimum Gasteiger partial charge on any atom is -0.417 e. The Balaban J connectivity index is 1.11. The van der Waals surface area contributed by atoms with Crippen molar-refractivity contribution in [1.29, 1.82) is 0 Å². The lowest BCUT2D eigenvalue weighted by molar-refractivity contribution is 0.141. The molecule has 0 aliphatic rings. The van der Waals surface area contributed by atoms with Crippen molar-refractivity contribution in [2.45, 2.75) is 51.7 Å². The SMILES string of the molecule is CCCC(c1ccccc1)C(CC)OP(Oc1ccccc1COP(Oc1ccccc1-c1ccccc1)Oc1ccccc1-c1ccccc1)Oc1ccccc1-c1ccccc1. The Kier molecular flexibility index (Phi) is 15.9. The molecule has 0 saturated carbocycles. The van der Waals surface area contributed by atoms with Crippen molar-refractivity contribution in [3.8, 4) is 56.4 Å². The molecule has 0 heterocycles. The van der Waals surface area contributed by atoms with Gasteiger partial charge >= 0.3 is 17.2 Å². The van der Waals surface area contributed by atoms with Gasteiger partial charge in [-0.05, 0) is 59.4 Å². The van der Waals surface area contributed by atoms with Gasteiger partial charge in [-0.25, -0.2) is 0 Å². The summed E-state index contributed by atoms with van der Waals surface area (Å²) in [6.45, 7) is 4.50. The minimum absolute atomic E-state index is 0.117. The molecule has 0 bridgehead atoms. The summed E-state index contributed by atoms with van der Waals surface area (Å²) in [5.74, 6) is 2.70. The molecule has 0 aliphatic heterocycles. The first-order chi connectivity index (χ1) is 31.7. The summed E-state index contributed by atoms with van der Waals surface area (Å²) in [5, 5.41) is 0. The molecule has 8 rings (SSSR count). The molecule has 64 heavy (non-hydrogen) atoms. The second kappa shape index (κ2) is 22.9. The highest BCUT2D eigenvalue weighted by molar-refractivity contribution is 7.43. The van der Waals surface area contributed by atoms with E-state index in [1.165, 1.54) is 5.56 Å². The first-order valence-electron chi connectivity index (χ1n) is 21.8. The second-order valence-electron chi connectivity index (χ2n) is 15.1. The second-order valence-corrected chi connectivity index (χ2v) is 17.2. The Morgan fingerprint density at radius 1 is 0.391 bits per heavy atom. The molecular weight excluding hydrogens is 831 g/mol. The number of benzene rings is 8. The Morgan fingerprint density at radius 2 is 0.766 bits per heavy atom. The van der Waals surface area contributed by atoms with Gasteiger partial charge in [0.2, 0.25) is 0 Å². The van der Waals surface area contributed by atoms with Crippen molar-refractivity contribution in [3.05, 3.63) is 230 Å². The highest BCUT2D eigenvalue weighted by atomic mass is 31.2. The summed E-state index contributed by atoms with van der Waals surface area (Å²) < 4.78 is 41.1. The molecule has 6 nitrogen and oxygen atoms in total. The molecule has 0 radical (unpaired) electrons. The van der Waals surface area contributed by atoms with Crippen molar-refractivity contribution in [1.82, 2.24) is 0 Å². The Labute approximate surface area is 380 Å². The van der Waals surface area contributed by atoms with Crippen molar-refractivity contribution in [3.63, 3.8) is 0 Å². The van der Waals surface area contributed by atoms with E-state index in [1.54, 1.807) is 0 Å². The Morgan fingerprint density at radius 3 is 1.22 bits per heavy atom. The molecule has 0 amide bonds. The van der Waals surface area contributed by atoms with E-state index in [4.69, 9.17) is 27.1 Å². The zero-order valence-corrected chi connectivity index (χ0v) is 37.9. The maximum absolute atomic E-state index is 7.05. The predicted molar refractivity (Wildman–Crippen MR) is 262 cm³/mol. The summed E-state index contributed by atoms with van der Waals surface area (Å²) in [5.41, 5.74) is 7.93. The fraction of sp³-hybridized carbons (Fsp3) is 0.143. The summed E-state index contributed by atoms with van der Waals surface area (Å²) in [7, 11) is -4.01. The number of hydrogen-bond donors (Lipinski definition) is 0. The largest absolute Gasteiger partial charge is 0.463 e. The molecule has 0 N–H and O–H groups in total. The van der Waals surface area contributed by atoms with Crippen molar-refractivity contribution in [2.24, 2.45) is 0 Å². The molecule has 322 valence electrons. The zero-order chi connectivity index (χ0) is 43.8. The van der Waals surface area contributed by atoms with E-state index in [0.29, 0.717) is 23.0 Å². The van der Waals surface area contributed by atoms with Gasteiger partial charge in [0.05, 0.1) is 12.7 Å². The number of rotatable bonds is 21. The topological polar surface area (TPSA) is 55.4 Å². The summed E-state index contributed by atoms with van der Waals surface area (Å²) in [6, 6.07) is 73.0. The third kappa shape index (κ3) is 11.6. The van der Waals surface area contributed by atoms with E-state index < -0.39 is 17.2 Å². The van der Waals surface area contributed by atoms with Crippen LogP contribution in [0, 0.1) is 0 Å². The maximum Gasteiger partial charge on any atom is 0.463 e. The van der Waals surface area contributed by atoms with Gasteiger partial charge in [-0.3, -0.25) is 9.05 Å². The van der Waals surface area contributed by atoms with E-state index in [1.807, 2.05) is 146 Å². The van der Waals surface area contributed by atoms with Crippen LogP contribution in [0.4, 0.5) is 0 Å². The van der Waals surface area contributed by atoms with Crippen LogP contribution in [-0.2, 0) is 15.7 Å². The monoisotopic (exact) mass is 882 g/mol. The van der Waals surface area contributed by atoms with Gasteiger partial charge in [0, 0.05) is 28.2 Å². The lowest BCUT2D eigenvalue weighted by atomic mass is 9.88. The van der Waals surface area contributed by atoms with Crippen LogP contribution in [0.2, 0.25) is 0 Å². The standard InChI is InChI=1S/C56H52O6P2/c1-3-25-48(43-26-9-5-10-27-43)52(4-2)58-64(62-56-41-24-20-37-51(56)46-32-15-8-16-33-46)59-53-38-21-17-34-47(53)42-57-63(60-54-39-22-18-35-49(54)44-28-11-6-12-29-44)61-55-40-23-19-36-50(55)45-30-13-7-14-31-45/h5-24,26-41,48,52H,3-4,25,42H2,1-2H3. The van der Waals surface area contributed by atoms with Gasteiger partial charge in [-0.2, -0.15) is 0 Å². The fourth-order valence-electron chi connectivity index (χ4n) is 7.62. The lowest BCUT2D eigenvalue weighted by Gasteiger charge is -2.30. The van der Waals surface area contributed by atoms with E-state index in [0.717, 1.165) is 58.2 Å². The van der Waals surface area contributed by atoms with Gasteiger partial charge in [0.1, 0.15) is 23.0 Å². The first kappa shape index (κ1) is 44.4. The van der Waals surface area contributed by atoms with Crippen LogP contribution in [0.1, 0.15) is 50.2 Å². The first-order valence-corrected chi connectivity index (χ1v) is 24.0. The molecular formula is C56H52O6P2. The van der Waals surface area contributed by atoms with Gasteiger partial charge in [0.15, 0.2) is 0 Å². The Hall–Kier alpha value is -6.26. The highest BCUT2D eigenvalue weighted by Gasteiger charge is 2.31. The molecule has 0 aromatic heterocycles. The van der Waals surface area contributed by atoms with Crippen LogP contribution in [-0.4, -0.2) is 6.10 Å². The highest BCUT2D eigenvalue weighted by Crippen LogP contribution is 2.51. The molecule has 0 saturated heterocycles. The minimum atomic E-state index is -2.02. The summed E-state index contributed by atoms with van der Waals surface area (Å²) in [4.78, 5) is 0. The average molecular weight is 883 g/mol. The number of para-hydroxylation sites is 4. The normalized spacial score (nSPS) is 12.5. The fourth-order valence-corrected chi connectivity index (χ4v) is 9.94. The Bertz CT molecular complexity index is 2550. The third-order valence-corrected chi connectivity index (χ3v) is 13.0. The van der Waals surface area contributed by atoms with Crippen LogP contribution in [0.25, 0.3) is 33.4 Å². The van der Waals surface area contributed by atoms with E-state index in [9.17, 15) is 0 Å². The molecule has 0 aliphatic carbocycles. The van der Waals surface area contributed by atoms with Gasteiger partial charge < -0.3 is 18.1 Å². The molecule has 0 fully saturated rings. The summed E-state index contributed by atoms with van der Waals surface area (Å²) in [6.07, 6.45) is 2.56. The molecule has 3 atom stereocenters. The van der Waals surface area contributed by atoms with E-state index in [-0.39, 0.29) is 18.6 Å². The molecule has 3 unspecified atom stereocenters. The van der Waals surface area contributed by atoms with E-state index >= 15 is 0 Å². The maximum atomic E-state index is 7.05. The quantitative estimate of drug-likeness (QED) is 0.0670. The molecule has 8 heteroatoms. The van der Waals surface area contributed by atoms with Gasteiger partial charge in [-0.15, -0.1) is 0 Å². The van der Waals surface area contributed by atoms with Crippen LogP contribution in [0.15, 0.2) is 218 Å². The van der Waals surface area contributed by atoms with Crippen LogP contribution in [0.5, 0.6) is 23.0 Å². The summed E-state index contributed by atoms with van der Waals surface area (Å²) >= 11 is 0. The van der Waals surface area contributed by atoms with Crippen molar-refractivity contribution < 1.29 is 27.1 Å². The van der Waals surface area contributed by atoms with Crippen LogP contribution in [0.3, 0.4) is 0 Å². The molecule has 0 spiro atoms. The average Bonchev–Trinajstić information content (AvgIpc) is 3.36. The zero-order valence-electron chi connectivity index (χ0n) is 36.1. The van der Waals surface area contributed by atoms with Crippen LogP contribution >= 0.6 is 17.2 Å². The predicted octanol–water partition coefficient (Wildman–Crippen LogP) is 16.7. The van der Waals surface area contributed by atoms with Crippen LogP contribution < -0.4 is 18.1 Å². The van der Waals surface area contributed by atoms with E-state index in [2.05, 4.69) is 86.6 Å². The lowest BCUT2D eigenvalue weighted by Crippen LogP contribution is -2.22. The van der Waals surface area contributed by atoms with Gasteiger partial charge in [0.25, 0.3) is 0 Å². The molecule has 8 aromatic rings. The third-order valence-electron chi connectivity index (χ3n) is 10.8. The van der Waals surface area contributed by atoms with Gasteiger partial charge in [-0.1, -0.05) is 214 Å². The molecule has 8 aromatic carbocycles. The van der Waals surface area contributed by atoms with Crippen molar-refractivity contribution >= 4 is 17.2 Å². The smallest absolute Gasteiger partial charge is 0.417 e.